The highest BCUT2D eigenvalue weighted by atomic mass is 32.2. The van der Waals surface area contributed by atoms with Crippen LogP contribution in [-0.2, 0) is 21.7 Å². The van der Waals surface area contributed by atoms with Crippen molar-refractivity contribution in [3.05, 3.63) is 71.1 Å². The van der Waals surface area contributed by atoms with Crippen LogP contribution in [0.3, 0.4) is 0 Å². The summed E-state index contributed by atoms with van der Waals surface area (Å²) in [5.74, 6) is -5.42. The first-order valence-corrected chi connectivity index (χ1v) is 10.2. The van der Waals surface area contributed by atoms with E-state index in [9.17, 15) is 31.0 Å². The number of hydrogen-bond donors (Lipinski definition) is 0. The van der Waals surface area contributed by atoms with Crippen LogP contribution in [0.1, 0.15) is 21.8 Å². The predicted octanol–water partition coefficient (Wildman–Crippen LogP) is 4.47. The average Bonchev–Trinajstić information content (AvgIpc) is 3.13. The Bertz CT molecular complexity index is 1230. The molecule has 12 heteroatoms. The van der Waals surface area contributed by atoms with Crippen LogP contribution in [0.5, 0.6) is 0 Å². The fourth-order valence-corrected chi connectivity index (χ4v) is 3.77. The second-order valence-electron chi connectivity index (χ2n) is 6.21. The molecule has 1 amide bonds. The van der Waals surface area contributed by atoms with Gasteiger partial charge in [0.25, 0.3) is 5.91 Å². The molecule has 3 aromatic rings. The van der Waals surface area contributed by atoms with Crippen molar-refractivity contribution in [3.8, 4) is 11.4 Å². The third-order valence-electron chi connectivity index (χ3n) is 3.78. The normalized spacial score (nSPS) is 13.7. The zero-order valence-corrected chi connectivity index (χ0v) is 15.9. The van der Waals surface area contributed by atoms with E-state index in [4.69, 9.17) is 0 Å². The van der Waals surface area contributed by atoms with Gasteiger partial charge in [-0.25, -0.2) is 13.0 Å². The summed E-state index contributed by atoms with van der Waals surface area (Å²) >= 11 is 0. The highest BCUT2D eigenvalue weighted by molar-refractivity contribution is 7.92. The molecule has 30 heavy (non-hydrogen) atoms. The quantitative estimate of drug-likeness (QED) is 0.553. The van der Waals surface area contributed by atoms with Crippen molar-refractivity contribution >= 4 is 15.6 Å². The first-order valence-electron chi connectivity index (χ1n) is 8.15. The molecule has 1 unspecified atom stereocenters. The number of halogens is 5. The van der Waals surface area contributed by atoms with Crippen molar-refractivity contribution in [3.63, 3.8) is 0 Å². The lowest BCUT2D eigenvalue weighted by Crippen LogP contribution is -2.08. The van der Waals surface area contributed by atoms with E-state index in [1.54, 1.807) is 0 Å². The first-order chi connectivity index (χ1) is 14.0. The van der Waals surface area contributed by atoms with Crippen LogP contribution in [0.2, 0.25) is 0 Å². The van der Waals surface area contributed by atoms with Crippen LogP contribution in [0, 0.1) is 11.6 Å². The van der Waals surface area contributed by atoms with E-state index in [1.165, 1.54) is 18.2 Å². The molecular formula is C18H12F5N3O3S. The van der Waals surface area contributed by atoms with Crippen LogP contribution in [-0.4, -0.2) is 26.5 Å². The van der Waals surface area contributed by atoms with Crippen molar-refractivity contribution in [1.29, 1.82) is 0 Å². The van der Waals surface area contributed by atoms with Crippen LogP contribution in [0.15, 0.2) is 51.4 Å². The minimum absolute atomic E-state index is 0.0787. The first kappa shape index (κ1) is 21.6. The van der Waals surface area contributed by atoms with Gasteiger partial charge in [0, 0.05) is 17.4 Å². The Hall–Kier alpha value is -3.15. The van der Waals surface area contributed by atoms with Crippen LogP contribution < -0.4 is 0 Å². The third kappa shape index (κ3) is 4.87. The van der Waals surface area contributed by atoms with E-state index >= 15 is 0 Å². The lowest BCUT2D eigenvalue weighted by atomic mass is 10.1. The molecule has 0 saturated carbocycles. The average molecular weight is 445 g/mol. The maximum absolute atomic E-state index is 14.4. The number of benzene rings is 2. The Labute approximate surface area is 166 Å². The molecule has 1 heterocycles. The lowest BCUT2D eigenvalue weighted by molar-refractivity contribution is -0.159. The van der Waals surface area contributed by atoms with Crippen molar-refractivity contribution in [2.75, 3.05) is 6.26 Å². The maximum atomic E-state index is 14.4. The van der Waals surface area contributed by atoms with Gasteiger partial charge in [-0.15, -0.1) is 0 Å². The molecule has 0 aliphatic heterocycles. The molecule has 3 rings (SSSR count). The van der Waals surface area contributed by atoms with Gasteiger partial charge in [0.15, 0.2) is 0 Å². The summed E-state index contributed by atoms with van der Waals surface area (Å²) in [5, 5.41) is 3.12. The van der Waals surface area contributed by atoms with E-state index in [2.05, 4.69) is 19.0 Å². The highest BCUT2D eigenvalue weighted by Gasteiger charge is 2.38. The summed E-state index contributed by atoms with van der Waals surface area (Å²) in [6.07, 6.45) is -3.74. The lowest BCUT2D eigenvalue weighted by Gasteiger charge is -2.06. The van der Waals surface area contributed by atoms with Gasteiger partial charge >= 0.3 is 12.1 Å². The van der Waals surface area contributed by atoms with Gasteiger partial charge in [0.2, 0.25) is 5.82 Å². The van der Waals surface area contributed by atoms with E-state index in [0.717, 1.165) is 30.5 Å². The third-order valence-corrected chi connectivity index (χ3v) is 5.18. The molecule has 0 spiro atoms. The van der Waals surface area contributed by atoms with Gasteiger partial charge in [-0.05, 0) is 18.2 Å². The second-order valence-corrected chi connectivity index (χ2v) is 8.60. The molecule has 1 atom stereocenters. The molecular weight excluding hydrogens is 433 g/mol. The molecule has 0 fully saturated rings. The minimum Gasteiger partial charge on any atom is -0.329 e. The van der Waals surface area contributed by atoms with Gasteiger partial charge < -0.3 is 4.52 Å². The largest absolute Gasteiger partial charge is 0.471 e. The van der Waals surface area contributed by atoms with E-state index < -0.39 is 50.7 Å². The Morgan fingerprint density at radius 3 is 2.43 bits per heavy atom. The summed E-state index contributed by atoms with van der Waals surface area (Å²) in [7, 11) is -3.24. The molecule has 0 N–H and O–H groups in total. The monoisotopic (exact) mass is 445 g/mol. The molecule has 0 saturated heterocycles. The van der Waals surface area contributed by atoms with E-state index in [1.807, 2.05) is 0 Å². The fraction of sp³-hybridized carbons (Fsp3) is 0.167. The fourth-order valence-electron chi connectivity index (χ4n) is 2.44. The van der Waals surface area contributed by atoms with E-state index in [0.29, 0.717) is 0 Å². The zero-order chi connectivity index (χ0) is 22.1. The van der Waals surface area contributed by atoms with Crippen molar-refractivity contribution in [1.82, 2.24) is 10.1 Å². The van der Waals surface area contributed by atoms with Gasteiger partial charge in [0.1, 0.15) is 11.6 Å². The summed E-state index contributed by atoms with van der Waals surface area (Å²) in [5.41, 5.74) is -0.664. The standard InChI is InChI=1S/C18H12F5N3O3S/c1-30(28,9-11-4-2-3-5-13(11)19)26-16(27)12-7-6-10(8-14(12)20)15-24-17(29-25-15)18(21,22)23/h2-8H,9H2,1H3. The number of hydrogen-bond acceptors (Lipinski definition) is 5. The molecule has 0 bridgehead atoms. The molecule has 1 aromatic heterocycles. The number of nitrogens with zero attached hydrogens (tertiary/aromatic N) is 3. The second kappa shape index (κ2) is 7.94. The topological polar surface area (TPSA) is 85.4 Å². The minimum atomic E-state index is -4.86. The molecule has 0 aliphatic carbocycles. The summed E-state index contributed by atoms with van der Waals surface area (Å²) < 4.78 is 85.8. The van der Waals surface area contributed by atoms with Gasteiger partial charge in [0.05, 0.1) is 21.0 Å². The Morgan fingerprint density at radius 1 is 1.13 bits per heavy atom. The zero-order valence-electron chi connectivity index (χ0n) is 15.1. The van der Waals surface area contributed by atoms with Crippen LogP contribution >= 0.6 is 0 Å². The van der Waals surface area contributed by atoms with Gasteiger partial charge in [-0.2, -0.15) is 22.5 Å². The number of amides is 1. The van der Waals surface area contributed by atoms with Crippen LogP contribution in [0.4, 0.5) is 22.0 Å². The summed E-state index contributed by atoms with van der Waals surface area (Å²) in [6, 6.07) is 8.26. The van der Waals surface area contributed by atoms with Gasteiger partial charge in [-0.3, -0.25) is 4.79 Å². The Balaban J connectivity index is 1.86. The van der Waals surface area contributed by atoms with Gasteiger partial charge in [-0.1, -0.05) is 29.4 Å². The smallest absolute Gasteiger partial charge is 0.329 e. The summed E-state index contributed by atoms with van der Waals surface area (Å²) in [6.45, 7) is 0. The molecule has 0 aliphatic rings. The molecule has 6 nitrogen and oxygen atoms in total. The predicted molar refractivity (Wildman–Crippen MR) is 95.6 cm³/mol. The number of aromatic nitrogens is 2. The van der Waals surface area contributed by atoms with E-state index in [-0.39, 0.29) is 16.9 Å². The van der Waals surface area contributed by atoms with Crippen molar-refractivity contribution in [2.24, 2.45) is 4.36 Å². The Kier molecular flexibility index (Phi) is 5.70. The number of carbonyl (C=O) groups is 1. The molecule has 158 valence electrons. The summed E-state index contributed by atoms with van der Waals surface area (Å²) in [4.78, 5) is 15.4. The van der Waals surface area contributed by atoms with Crippen molar-refractivity contribution in [2.45, 2.75) is 11.9 Å². The molecule has 0 radical (unpaired) electrons. The van der Waals surface area contributed by atoms with Crippen LogP contribution in [0.25, 0.3) is 11.4 Å². The number of carbonyl (C=O) groups excluding carboxylic acids is 1. The number of alkyl halides is 3. The number of rotatable bonds is 4. The molecule has 2 aromatic carbocycles. The SMILES string of the molecule is CS(=O)(Cc1ccccc1F)=NC(=O)c1ccc(-c2noc(C(F)(F)F)n2)cc1F. The Morgan fingerprint density at radius 2 is 1.83 bits per heavy atom. The maximum Gasteiger partial charge on any atom is 0.471 e. The highest BCUT2D eigenvalue weighted by Crippen LogP contribution is 2.29. The van der Waals surface area contributed by atoms with Crippen molar-refractivity contribution < 1.29 is 35.5 Å².